The number of hydrogen-bond donors (Lipinski definition) is 1. The van der Waals surface area contributed by atoms with Crippen molar-refractivity contribution in [3.8, 4) is 33.8 Å². The maximum Gasteiger partial charge on any atom is 0.118 e. The molecule has 0 aliphatic heterocycles. The van der Waals surface area contributed by atoms with Crippen LogP contribution in [-0.4, -0.2) is 19.2 Å². The molecule has 3 aromatic carbocycles. The van der Waals surface area contributed by atoms with Crippen LogP contribution in [0.15, 0.2) is 95.4 Å². The SMILES string of the molecule is COc1ccc(-c2ccc(-c3ccc(OC)cc3)c(N=Nc3ccncc3)c2N)cc1. The molecule has 0 aliphatic rings. The first-order chi connectivity index (χ1) is 15.2. The fourth-order valence-corrected chi connectivity index (χ4v) is 3.26. The van der Waals surface area contributed by atoms with Crippen LogP contribution in [0.3, 0.4) is 0 Å². The zero-order valence-electron chi connectivity index (χ0n) is 17.3. The fraction of sp³-hybridized carbons (Fsp3) is 0.0800. The van der Waals surface area contributed by atoms with E-state index in [2.05, 4.69) is 15.2 Å². The lowest BCUT2D eigenvalue weighted by Crippen LogP contribution is -1.94. The Labute approximate surface area is 181 Å². The van der Waals surface area contributed by atoms with E-state index in [0.29, 0.717) is 17.1 Å². The molecule has 6 nitrogen and oxygen atoms in total. The van der Waals surface area contributed by atoms with Crippen LogP contribution in [-0.2, 0) is 0 Å². The van der Waals surface area contributed by atoms with E-state index < -0.39 is 0 Å². The summed E-state index contributed by atoms with van der Waals surface area (Å²) in [5, 5.41) is 8.91. The summed E-state index contributed by atoms with van der Waals surface area (Å²) in [4.78, 5) is 4.02. The second kappa shape index (κ2) is 9.09. The van der Waals surface area contributed by atoms with Crippen molar-refractivity contribution in [3.05, 3.63) is 85.2 Å². The molecule has 2 N–H and O–H groups in total. The van der Waals surface area contributed by atoms with E-state index in [1.54, 1.807) is 38.7 Å². The lowest BCUT2D eigenvalue weighted by molar-refractivity contribution is 0.415. The average Bonchev–Trinajstić information content (AvgIpc) is 2.84. The Kier molecular flexibility index (Phi) is 5.89. The van der Waals surface area contributed by atoms with Crippen molar-refractivity contribution in [2.24, 2.45) is 10.2 Å². The van der Waals surface area contributed by atoms with Gasteiger partial charge in [0.15, 0.2) is 0 Å². The van der Waals surface area contributed by atoms with Gasteiger partial charge in [0.2, 0.25) is 0 Å². The molecule has 0 saturated heterocycles. The van der Waals surface area contributed by atoms with Gasteiger partial charge in [-0.15, -0.1) is 5.11 Å². The maximum atomic E-state index is 6.62. The standard InChI is InChI=1S/C25H22N4O2/c1-30-20-7-3-17(4-8-20)22-11-12-23(18-5-9-21(31-2)10-6-18)25(24(22)26)29-28-19-13-15-27-16-14-19/h3-16H,26H2,1-2H3. The van der Waals surface area contributed by atoms with E-state index in [1.165, 1.54) is 0 Å². The number of nitrogens with two attached hydrogens (primary N) is 1. The topological polar surface area (TPSA) is 82.1 Å². The number of azo groups is 1. The molecule has 0 atom stereocenters. The van der Waals surface area contributed by atoms with E-state index >= 15 is 0 Å². The van der Waals surface area contributed by atoms with Crippen molar-refractivity contribution < 1.29 is 9.47 Å². The maximum absolute atomic E-state index is 6.62. The van der Waals surface area contributed by atoms with Crippen LogP contribution in [0.1, 0.15) is 0 Å². The van der Waals surface area contributed by atoms with Crippen LogP contribution >= 0.6 is 0 Å². The highest BCUT2D eigenvalue weighted by Crippen LogP contribution is 2.42. The molecule has 0 spiro atoms. The van der Waals surface area contributed by atoms with Crippen LogP contribution in [0, 0.1) is 0 Å². The van der Waals surface area contributed by atoms with E-state index in [1.807, 2.05) is 60.7 Å². The Morgan fingerprint density at radius 3 is 1.71 bits per heavy atom. The fourth-order valence-electron chi connectivity index (χ4n) is 3.26. The minimum absolute atomic E-state index is 0.552. The van der Waals surface area contributed by atoms with Gasteiger partial charge in [-0.25, -0.2) is 0 Å². The van der Waals surface area contributed by atoms with Gasteiger partial charge >= 0.3 is 0 Å². The Balaban J connectivity index is 1.83. The number of nitrogens with zero attached hydrogens (tertiary/aromatic N) is 3. The van der Waals surface area contributed by atoms with Crippen molar-refractivity contribution in [2.45, 2.75) is 0 Å². The zero-order valence-corrected chi connectivity index (χ0v) is 17.3. The Hall–Kier alpha value is -4.19. The highest BCUT2D eigenvalue weighted by Gasteiger charge is 2.14. The molecule has 0 unspecified atom stereocenters. The molecule has 0 saturated carbocycles. The first-order valence-electron chi connectivity index (χ1n) is 9.72. The van der Waals surface area contributed by atoms with Crippen LogP contribution in [0.4, 0.5) is 17.1 Å². The van der Waals surface area contributed by atoms with Crippen molar-refractivity contribution in [1.29, 1.82) is 0 Å². The summed E-state index contributed by atoms with van der Waals surface area (Å²) in [5.41, 5.74) is 12.2. The highest BCUT2D eigenvalue weighted by atomic mass is 16.5. The van der Waals surface area contributed by atoms with Gasteiger partial charge in [-0.1, -0.05) is 36.4 Å². The number of benzene rings is 3. The van der Waals surface area contributed by atoms with E-state index in [0.717, 1.165) is 33.8 Å². The number of nitrogen functional groups attached to an aromatic ring is 1. The molecule has 4 rings (SSSR count). The first kappa shape index (κ1) is 20.1. The van der Waals surface area contributed by atoms with Gasteiger partial charge in [-0.3, -0.25) is 4.98 Å². The number of hydrogen-bond acceptors (Lipinski definition) is 6. The predicted octanol–water partition coefficient (Wildman–Crippen LogP) is 6.43. The van der Waals surface area contributed by atoms with Crippen molar-refractivity contribution >= 4 is 17.1 Å². The monoisotopic (exact) mass is 410 g/mol. The number of ether oxygens (including phenoxy) is 2. The molecule has 0 amide bonds. The van der Waals surface area contributed by atoms with Crippen LogP contribution in [0.25, 0.3) is 22.3 Å². The van der Waals surface area contributed by atoms with Crippen LogP contribution in [0.2, 0.25) is 0 Å². The average molecular weight is 410 g/mol. The molecule has 31 heavy (non-hydrogen) atoms. The summed E-state index contributed by atoms with van der Waals surface area (Å²) < 4.78 is 10.5. The number of rotatable bonds is 6. The number of methoxy groups -OCH3 is 2. The quantitative estimate of drug-likeness (QED) is 0.293. The largest absolute Gasteiger partial charge is 0.497 e. The van der Waals surface area contributed by atoms with Gasteiger partial charge in [-0.05, 0) is 47.5 Å². The van der Waals surface area contributed by atoms with Crippen molar-refractivity contribution in [1.82, 2.24) is 4.98 Å². The van der Waals surface area contributed by atoms with Gasteiger partial charge in [-0.2, -0.15) is 5.11 Å². The summed E-state index contributed by atoms with van der Waals surface area (Å²) in [5.74, 6) is 1.57. The summed E-state index contributed by atoms with van der Waals surface area (Å²) in [6.07, 6.45) is 3.35. The molecule has 4 aromatic rings. The van der Waals surface area contributed by atoms with Gasteiger partial charge in [0.1, 0.15) is 17.2 Å². The minimum Gasteiger partial charge on any atom is -0.497 e. The summed E-state index contributed by atoms with van der Waals surface area (Å²) >= 11 is 0. The molecule has 0 radical (unpaired) electrons. The summed E-state index contributed by atoms with van der Waals surface area (Å²) in [6, 6.07) is 23.1. The minimum atomic E-state index is 0.552. The lowest BCUT2D eigenvalue weighted by Gasteiger charge is -2.14. The number of anilines is 1. The first-order valence-corrected chi connectivity index (χ1v) is 9.72. The van der Waals surface area contributed by atoms with Crippen LogP contribution in [0.5, 0.6) is 11.5 Å². The molecule has 154 valence electrons. The third-order valence-electron chi connectivity index (χ3n) is 4.95. The van der Waals surface area contributed by atoms with E-state index in [9.17, 15) is 0 Å². The summed E-state index contributed by atoms with van der Waals surface area (Å²) in [6.45, 7) is 0. The Morgan fingerprint density at radius 1 is 0.645 bits per heavy atom. The smallest absolute Gasteiger partial charge is 0.118 e. The summed E-state index contributed by atoms with van der Waals surface area (Å²) in [7, 11) is 3.29. The predicted molar refractivity (Wildman–Crippen MR) is 123 cm³/mol. The molecule has 0 aliphatic carbocycles. The van der Waals surface area contributed by atoms with Crippen LogP contribution < -0.4 is 15.2 Å². The molecule has 1 heterocycles. The van der Waals surface area contributed by atoms with Gasteiger partial charge in [0.25, 0.3) is 0 Å². The van der Waals surface area contributed by atoms with E-state index in [-0.39, 0.29) is 0 Å². The van der Waals surface area contributed by atoms with E-state index in [4.69, 9.17) is 15.2 Å². The molecule has 0 bridgehead atoms. The second-order valence-corrected chi connectivity index (χ2v) is 6.79. The normalized spacial score (nSPS) is 10.9. The Bertz CT molecular complexity index is 1190. The lowest BCUT2D eigenvalue weighted by atomic mass is 9.96. The third kappa shape index (κ3) is 4.38. The van der Waals surface area contributed by atoms with Crippen molar-refractivity contribution in [2.75, 3.05) is 20.0 Å². The van der Waals surface area contributed by atoms with Gasteiger partial charge in [0, 0.05) is 23.5 Å². The molecular weight excluding hydrogens is 388 g/mol. The molecular formula is C25H22N4O2. The molecule has 1 aromatic heterocycles. The highest BCUT2D eigenvalue weighted by molar-refractivity contribution is 5.93. The molecule has 6 heteroatoms. The Morgan fingerprint density at radius 2 is 1.16 bits per heavy atom. The number of aromatic nitrogens is 1. The van der Waals surface area contributed by atoms with Gasteiger partial charge in [0.05, 0.1) is 25.6 Å². The van der Waals surface area contributed by atoms with Gasteiger partial charge < -0.3 is 15.2 Å². The third-order valence-corrected chi connectivity index (χ3v) is 4.95. The van der Waals surface area contributed by atoms with Crippen molar-refractivity contribution in [3.63, 3.8) is 0 Å². The number of pyridine rings is 1. The molecule has 0 fully saturated rings. The zero-order chi connectivity index (χ0) is 21.6. The second-order valence-electron chi connectivity index (χ2n) is 6.79.